The summed E-state index contributed by atoms with van der Waals surface area (Å²) >= 11 is 12.1. The standard InChI is InChI=1S/C29H29Cl2N3O5/c1-17-15-39-16-18(2)34(17)26-11-9-21(13-25(26)33-28(37)19-6-4-3-5-7-19)29(38)32-24(14-27(35)36)20-8-10-22(30)23(31)12-20/h3-13,17-18,24H,14-16H2,1-2H3,(H,32,38)(H,33,37)(H,35,36). The summed E-state index contributed by atoms with van der Waals surface area (Å²) in [6.45, 7) is 5.12. The van der Waals surface area contributed by atoms with Gasteiger partial charge in [0.05, 0.1) is 47.1 Å². The number of carboxylic acids is 1. The summed E-state index contributed by atoms with van der Waals surface area (Å²) in [4.78, 5) is 40.2. The number of anilines is 2. The molecule has 0 radical (unpaired) electrons. The van der Waals surface area contributed by atoms with Gasteiger partial charge in [0.2, 0.25) is 0 Å². The predicted molar refractivity (Wildman–Crippen MR) is 152 cm³/mol. The van der Waals surface area contributed by atoms with E-state index in [1.807, 2.05) is 19.9 Å². The molecule has 204 valence electrons. The van der Waals surface area contributed by atoms with Crippen molar-refractivity contribution >= 4 is 52.4 Å². The number of halogens is 2. The Labute approximate surface area is 236 Å². The van der Waals surface area contributed by atoms with Crippen molar-refractivity contribution < 1.29 is 24.2 Å². The van der Waals surface area contributed by atoms with Crippen LogP contribution in [-0.4, -0.2) is 48.2 Å². The maximum absolute atomic E-state index is 13.4. The topological polar surface area (TPSA) is 108 Å². The highest BCUT2D eigenvalue weighted by Gasteiger charge is 2.29. The van der Waals surface area contributed by atoms with Crippen molar-refractivity contribution in [2.24, 2.45) is 0 Å². The third-order valence-electron chi connectivity index (χ3n) is 6.52. The number of carbonyl (C=O) groups excluding carboxylic acids is 2. The number of carboxylic acid groups (broad SMARTS) is 1. The number of nitrogens with zero attached hydrogens (tertiary/aromatic N) is 1. The van der Waals surface area contributed by atoms with Gasteiger partial charge in [0.1, 0.15) is 0 Å². The summed E-state index contributed by atoms with van der Waals surface area (Å²) in [5.74, 6) is -1.91. The monoisotopic (exact) mass is 569 g/mol. The Kier molecular flexibility index (Phi) is 9.12. The van der Waals surface area contributed by atoms with Crippen LogP contribution in [0.25, 0.3) is 0 Å². The Morgan fingerprint density at radius 2 is 1.62 bits per heavy atom. The highest BCUT2D eigenvalue weighted by Crippen LogP contribution is 2.33. The maximum Gasteiger partial charge on any atom is 0.305 e. The highest BCUT2D eigenvalue weighted by atomic mass is 35.5. The number of carbonyl (C=O) groups is 3. The lowest BCUT2D eigenvalue weighted by Crippen LogP contribution is -2.50. The molecule has 3 unspecified atom stereocenters. The number of morpholine rings is 1. The van der Waals surface area contributed by atoms with Crippen molar-refractivity contribution in [2.45, 2.75) is 38.4 Å². The summed E-state index contributed by atoms with van der Waals surface area (Å²) in [6, 6.07) is 17.8. The van der Waals surface area contributed by atoms with Crippen molar-refractivity contribution in [1.29, 1.82) is 0 Å². The van der Waals surface area contributed by atoms with E-state index in [0.29, 0.717) is 35.1 Å². The minimum Gasteiger partial charge on any atom is -0.481 e. The molecule has 3 aromatic rings. The van der Waals surface area contributed by atoms with Crippen LogP contribution in [0.5, 0.6) is 0 Å². The third kappa shape index (κ3) is 6.89. The van der Waals surface area contributed by atoms with Gasteiger partial charge in [0.25, 0.3) is 11.8 Å². The largest absolute Gasteiger partial charge is 0.481 e. The summed E-state index contributed by atoms with van der Waals surface area (Å²) in [7, 11) is 0. The summed E-state index contributed by atoms with van der Waals surface area (Å²) in [5, 5.41) is 15.8. The molecule has 8 nitrogen and oxygen atoms in total. The fourth-order valence-corrected chi connectivity index (χ4v) is 4.97. The van der Waals surface area contributed by atoms with Gasteiger partial charge in [0.15, 0.2) is 0 Å². The lowest BCUT2D eigenvalue weighted by molar-refractivity contribution is -0.137. The van der Waals surface area contributed by atoms with E-state index >= 15 is 0 Å². The first-order chi connectivity index (χ1) is 18.6. The predicted octanol–water partition coefficient (Wildman–Crippen LogP) is 5.81. The van der Waals surface area contributed by atoms with Crippen LogP contribution in [0, 0.1) is 0 Å². The van der Waals surface area contributed by atoms with Crippen molar-refractivity contribution in [3.05, 3.63) is 93.5 Å². The van der Waals surface area contributed by atoms with Crippen molar-refractivity contribution in [3.8, 4) is 0 Å². The Morgan fingerprint density at radius 1 is 0.923 bits per heavy atom. The molecule has 39 heavy (non-hydrogen) atoms. The van der Waals surface area contributed by atoms with E-state index in [-0.39, 0.29) is 35.0 Å². The number of hydrogen-bond donors (Lipinski definition) is 3. The molecule has 2 amide bonds. The molecule has 1 fully saturated rings. The van der Waals surface area contributed by atoms with E-state index in [9.17, 15) is 19.5 Å². The van der Waals surface area contributed by atoms with Crippen LogP contribution in [0.1, 0.15) is 52.6 Å². The molecule has 0 aliphatic carbocycles. The van der Waals surface area contributed by atoms with E-state index in [2.05, 4.69) is 15.5 Å². The number of ether oxygens (including phenoxy) is 1. The van der Waals surface area contributed by atoms with E-state index in [0.717, 1.165) is 5.69 Å². The van der Waals surface area contributed by atoms with Gasteiger partial charge in [-0.05, 0) is 61.9 Å². The number of aliphatic carboxylic acids is 1. The zero-order chi connectivity index (χ0) is 28.1. The van der Waals surface area contributed by atoms with Crippen molar-refractivity contribution in [2.75, 3.05) is 23.4 Å². The Balaban J connectivity index is 1.67. The number of benzene rings is 3. The van der Waals surface area contributed by atoms with Gasteiger partial charge in [-0.3, -0.25) is 14.4 Å². The zero-order valence-corrected chi connectivity index (χ0v) is 23.0. The van der Waals surface area contributed by atoms with Gasteiger partial charge in [0, 0.05) is 23.2 Å². The third-order valence-corrected chi connectivity index (χ3v) is 7.26. The van der Waals surface area contributed by atoms with Crippen LogP contribution in [0.3, 0.4) is 0 Å². The van der Waals surface area contributed by atoms with Gasteiger partial charge >= 0.3 is 5.97 Å². The number of amides is 2. The number of rotatable bonds is 8. The molecule has 4 rings (SSSR count). The molecule has 3 atom stereocenters. The average Bonchev–Trinajstić information content (AvgIpc) is 2.90. The molecule has 1 saturated heterocycles. The molecule has 0 spiro atoms. The summed E-state index contributed by atoms with van der Waals surface area (Å²) in [6.07, 6.45) is -0.359. The van der Waals surface area contributed by atoms with Crippen LogP contribution < -0.4 is 15.5 Å². The molecule has 0 aromatic heterocycles. The SMILES string of the molecule is CC1COCC(C)N1c1ccc(C(=O)NC(CC(=O)O)c2ccc(Cl)c(Cl)c2)cc1NC(=O)c1ccccc1. The minimum atomic E-state index is -1.09. The van der Waals surface area contributed by atoms with Crippen LogP contribution in [0.4, 0.5) is 11.4 Å². The molecule has 1 aliphatic rings. The first-order valence-electron chi connectivity index (χ1n) is 12.5. The van der Waals surface area contributed by atoms with E-state index < -0.39 is 17.9 Å². The molecule has 3 N–H and O–H groups in total. The molecular weight excluding hydrogens is 541 g/mol. The van der Waals surface area contributed by atoms with Gasteiger partial charge in [-0.25, -0.2) is 0 Å². The normalized spacial score (nSPS) is 17.8. The fourth-order valence-electron chi connectivity index (χ4n) is 4.66. The lowest BCUT2D eigenvalue weighted by Gasteiger charge is -2.41. The molecule has 0 bridgehead atoms. The van der Waals surface area contributed by atoms with Crippen LogP contribution in [0.2, 0.25) is 10.0 Å². The quantitative estimate of drug-likeness (QED) is 0.316. The van der Waals surface area contributed by atoms with E-state index in [4.69, 9.17) is 27.9 Å². The van der Waals surface area contributed by atoms with Crippen molar-refractivity contribution in [3.63, 3.8) is 0 Å². The smallest absolute Gasteiger partial charge is 0.305 e. The minimum absolute atomic E-state index is 0.0374. The first-order valence-corrected chi connectivity index (χ1v) is 13.2. The molecule has 0 saturated carbocycles. The summed E-state index contributed by atoms with van der Waals surface area (Å²) < 4.78 is 5.67. The molecule has 10 heteroatoms. The molecule has 3 aromatic carbocycles. The Morgan fingerprint density at radius 3 is 2.26 bits per heavy atom. The van der Waals surface area contributed by atoms with Gasteiger partial charge in [-0.15, -0.1) is 0 Å². The van der Waals surface area contributed by atoms with Gasteiger partial charge < -0.3 is 25.4 Å². The molecule has 1 heterocycles. The van der Waals surface area contributed by atoms with E-state index in [1.165, 1.54) is 6.07 Å². The highest BCUT2D eigenvalue weighted by molar-refractivity contribution is 6.42. The Hall–Kier alpha value is -3.59. The van der Waals surface area contributed by atoms with Crippen LogP contribution in [0.15, 0.2) is 66.7 Å². The second-order valence-corrected chi connectivity index (χ2v) is 10.3. The average molecular weight is 570 g/mol. The fraction of sp³-hybridized carbons (Fsp3) is 0.276. The second-order valence-electron chi connectivity index (χ2n) is 9.49. The van der Waals surface area contributed by atoms with Gasteiger partial charge in [-0.1, -0.05) is 47.5 Å². The molecular formula is C29H29Cl2N3O5. The van der Waals surface area contributed by atoms with Crippen LogP contribution in [-0.2, 0) is 9.53 Å². The second kappa shape index (κ2) is 12.5. The summed E-state index contributed by atoms with van der Waals surface area (Å²) in [5.41, 5.74) is 2.45. The number of nitrogens with one attached hydrogen (secondary N) is 2. The Bertz CT molecular complexity index is 1360. The van der Waals surface area contributed by atoms with Crippen molar-refractivity contribution in [1.82, 2.24) is 5.32 Å². The van der Waals surface area contributed by atoms with Crippen LogP contribution >= 0.6 is 23.2 Å². The van der Waals surface area contributed by atoms with Gasteiger partial charge in [-0.2, -0.15) is 0 Å². The first kappa shape index (κ1) is 28.4. The molecule has 1 aliphatic heterocycles. The maximum atomic E-state index is 13.4. The zero-order valence-electron chi connectivity index (χ0n) is 21.5. The number of hydrogen-bond acceptors (Lipinski definition) is 5. The van der Waals surface area contributed by atoms with E-state index in [1.54, 1.807) is 54.6 Å². The lowest BCUT2D eigenvalue weighted by atomic mass is 10.0.